The molecule has 8 heteroatoms. The summed E-state index contributed by atoms with van der Waals surface area (Å²) in [6, 6.07) is 6.52. The molecule has 8 nitrogen and oxygen atoms in total. The molecule has 0 saturated carbocycles. The number of aryl methyl sites for hydroxylation is 2. The van der Waals surface area contributed by atoms with Crippen LogP contribution in [0.25, 0.3) is 11.0 Å². The van der Waals surface area contributed by atoms with E-state index in [1.807, 2.05) is 6.92 Å². The van der Waals surface area contributed by atoms with Crippen molar-refractivity contribution in [2.24, 2.45) is 12.8 Å². The Morgan fingerprint density at radius 3 is 2.73 bits per heavy atom. The lowest BCUT2D eigenvalue weighted by Crippen LogP contribution is -2.16. The summed E-state index contributed by atoms with van der Waals surface area (Å²) in [5, 5.41) is 6.79. The van der Waals surface area contributed by atoms with Crippen LogP contribution >= 0.6 is 0 Å². The highest BCUT2D eigenvalue weighted by atomic mass is 16.2. The van der Waals surface area contributed by atoms with E-state index in [9.17, 15) is 9.59 Å². The number of amides is 2. The van der Waals surface area contributed by atoms with Crippen molar-refractivity contribution in [1.29, 1.82) is 0 Å². The molecule has 3 rings (SSSR count). The fraction of sp³-hybridized carbons (Fsp3) is 0.143. The summed E-state index contributed by atoms with van der Waals surface area (Å²) in [4.78, 5) is 30.5. The van der Waals surface area contributed by atoms with Crippen LogP contribution in [0.2, 0.25) is 0 Å². The number of nitrogens with two attached hydrogens (primary N) is 1. The highest BCUT2D eigenvalue weighted by Gasteiger charge is 2.14. The first-order chi connectivity index (χ1) is 10.4. The number of rotatable bonds is 3. The molecule has 0 radical (unpaired) electrons. The molecule has 0 bridgehead atoms. The molecule has 2 amide bonds. The van der Waals surface area contributed by atoms with Gasteiger partial charge in [-0.3, -0.25) is 19.6 Å². The van der Waals surface area contributed by atoms with Gasteiger partial charge in [-0.2, -0.15) is 5.10 Å². The SMILES string of the molecule is Cc1cc(C(=O)Nc2nc3ccc(C(N)=O)cc3[nH]2)n(C)n1. The summed E-state index contributed by atoms with van der Waals surface area (Å²) in [7, 11) is 1.69. The molecule has 0 aliphatic heterocycles. The fourth-order valence-corrected chi connectivity index (χ4v) is 2.22. The Labute approximate surface area is 125 Å². The van der Waals surface area contributed by atoms with Gasteiger partial charge in [-0.05, 0) is 31.2 Å². The highest BCUT2D eigenvalue weighted by molar-refractivity contribution is 6.03. The Bertz CT molecular complexity index is 892. The summed E-state index contributed by atoms with van der Waals surface area (Å²) in [6.45, 7) is 1.81. The molecule has 2 heterocycles. The van der Waals surface area contributed by atoms with E-state index in [2.05, 4.69) is 20.4 Å². The number of imidazole rings is 1. The van der Waals surface area contributed by atoms with Crippen LogP contribution in [0.3, 0.4) is 0 Å². The van der Waals surface area contributed by atoms with Crippen LogP contribution in [0.15, 0.2) is 24.3 Å². The summed E-state index contributed by atoms with van der Waals surface area (Å²) >= 11 is 0. The van der Waals surface area contributed by atoms with Crippen LogP contribution in [0.5, 0.6) is 0 Å². The van der Waals surface area contributed by atoms with E-state index in [4.69, 9.17) is 5.73 Å². The number of anilines is 1. The number of hydrogen-bond donors (Lipinski definition) is 3. The topological polar surface area (TPSA) is 119 Å². The summed E-state index contributed by atoms with van der Waals surface area (Å²) in [5.41, 5.74) is 8.03. The van der Waals surface area contributed by atoms with Crippen LogP contribution < -0.4 is 11.1 Å². The third-order valence-electron chi connectivity index (χ3n) is 3.23. The Kier molecular flexibility index (Phi) is 3.13. The smallest absolute Gasteiger partial charge is 0.276 e. The molecule has 2 aromatic heterocycles. The number of nitrogens with one attached hydrogen (secondary N) is 2. The molecule has 22 heavy (non-hydrogen) atoms. The van der Waals surface area contributed by atoms with E-state index in [1.165, 1.54) is 4.68 Å². The van der Waals surface area contributed by atoms with Gasteiger partial charge in [0.15, 0.2) is 0 Å². The first-order valence-electron chi connectivity index (χ1n) is 6.55. The quantitative estimate of drug-likeness (QED) is 0.667. The summed E-state index contributed by atoms with van der Waals surface area (Å²) < 4.78 is 1.50. The van der Waals surface area contributed by atoms with Crippen molar-refractivity contribution in [2.45, 2.75) is 6.92 Å². The molecule has 4 N–H and O–H groups in total. The number of hydrogen-bond acceptors (Lipinski definition) is 4. The minimum Gasteiger partial charge on any atom is -0.366 e. The molecule has 0 atom stereocenters. The molecule has 0 aliphatic carbocycles. The van der Waals surface area contributed by atoms with Crippen molar-refractivity contribution in [1.82, 2.24) is 19.7 Å². The lowest BCUT2D eigenvalue weighted by atomic mass is 10.2. The van der Waals surface area contributed by atoms with Crippen LogP contribution in [0.1, 0.15) is 26.5 Å². The molecule has 0 saturated heterocycles. The van der Waals surface area contributed by atoms with Gasteiger partial charge in [-0.1, -0.05) is 0 Å². The Hall–Kier alpha value is -3.16. The van der Waals surface area contributed by atoms with Crippen molar-refractivity contribution in [3.05, 3.63) is 41.2 Å². The number of aromatic nitrogens is 4. The van der Waals surface area contributed by atoms with E-state index >= 15 is 0 Å². The zero-order chi connectivity index (χ0) is 15.9. The van der Waals surface area contributed by atoms with Gasteiger partial charge >= 0.3 is 0 Å². The normalized spacial score (nSPS) is 10.8. The maximum atomic E-state index is 12.2. The zero-order valence-electron chi connectivity index (χ0n) is 12.0. The molecule has 0 spiro atoms. The van der Waals surface area contributed by atoms with Gasteiger partial charge in [0.25, 0.3) is 5.91 Å². The number of nitrogens with zero attached hydrogens (tertiary/aromatic N) is 3. The van der Waals surface area contributed by atoms with Gasteiger partial charge in [-0.15, -0.1) is 0 Å². The van der Waals surface area contributed by atoms with Crippen LogP contribution in [-0.4, -0.2) is 31.6 Å². The van der Waals surface area contributed by atoms with Crippen molar-refractivity contribution in [2.75, 3.05) is 5.32 Å². The monoisotopic (exact) mass is 298 g/mol. The first-order valence-corrected chi connectivity index (χ1v) is 6.55. The fourth-order valence-electron chi connectivity index (χ4n) is 2.22. The average Bonchev–Trinajstić information content (AvgIpc) is 2.99. The number of benzene rings is 1. The maximum Gasteiger partial charge on any atom is 0.276 e. The lowest BCUT2D eigenvalue weighted by molar-refractivity contribution is 0.0996. The minimum atomic E-state index is -0.521. The van der Waals surface area contributed by atoms with Gasteiger partial charge in [0.05, 0.1) is 16.7 Å². The second kappa shape index (κ2) is 4.99. The predicted octanol–water partition coefficient (Wildman–Crippen LogP) is 0.956. The molecule has 112 valence electrons. The average molecular weight is 298 g/mol. The summed E-state index contributed by atoms with van der Waals surface area (Å²) in [5.74, 6) is -0.551. The number of primary amides is 1. The van der Waals surface area contributed by atoms with Crippen molar-refractivity contribution < 1.29 is 9.59 Å². The predicted molar refractivity (Wildman–Crippen MR) is 80.5 cm³/mol. The van der Waals surface area contributed by atoms with Crippen LogP contribution in [0.4, 0.5) is 5.95 Å². The largest absolute Gasteiger partial charge is 0.366 e. The minimum absolute atomic E-state index is 0.292. The van der Waals surface area contributed by atoms with Gasteiger partial charge in [0, 0.05) is 12.6 Å². The zero-order valence-corrected chi connectivity index (χ0v) is 12.0. The van der Waals surface area contributed by atoms with Gasteiger partial charge < -0.3 is 10.7 Å². The molecular weight excluding hydrogens is 284 g/mol. The molecule has 0 fully saturated rings. The standard InChI is InChI=1S/C14H14N6O2/c1-7-5-11(20(2)19-7)13(22)18-14-16-9-4-3-8(12(15)21)6-10(9)17-14/h3-6H,1-2H3,(H2,15,21)(H2,16,17,18,22). The van der Waals surface area contributed by atoms with Crippen molar-refractivity contribution >= 4 is 28.8 Å². The highest BCUT2D eigenvalue weighted by Crippen LogP contribution is 2.16. The molecule has 3 aromatic rings. The van der Waals surface area contributed by atoms with Crippen molar-refractivity contribution in [3.63, 3.8) is 0 Å². The van der Waals surface area contributed by atoms with E-state index in [0.29, 0.717) is 28.2 Å². The van der Waals surface area contributed by atoms with Gasteiger partial charge in [0.1, 0.15) is 5.69 Å². The third-order valence-corrected chi connectivity index (χ3v) is 3.23. The molecule has 0 unspecified atom stereocenters. The Morgan fingerprint density at radius 1 is 1.32 bits per heavy atom. The number of carbonyl (C=O) groups is 2. The van der Waals surface area contributed by atoms with E-state index in [1.54, 1.807) is 31.3 Å². The number of carbonyl (C=O) groups excluding carboxylic acids is 2. The Morgan fingerprint density at radius 2 is 2.09 bits per heavy atom. The molecule has 1 aromatic carbocycles. The molecular formula is C14H14N6O2. The Balaban J connectivity index is 1.89. The summed E-state index contributed by atoms with van der Waals surface area (Å²) in [6.07, 6.45) is 0. The van der Waals surface area contributed by atoms with Crippen LogP contribution in [-0.2, 0) is 7.05 Å². The van der Waals surface area contributed by atoms with Gasteiger partial charge in [0.2, 0.25) is 11.9 Å². The second-order valence-electron chi connectivity index (χ2n) is 4.93. The van der Waals surface area contributed by atoms with Crippen molar-refractivity contribution in [3.8, 4) is 0 Å². The molecule has 0 aliphatic rings. The van der Waals surface area contributed by atoms with E-state index < -0.39 is 5.91 Å². The van der Waals surface area contributed by atoms with Gasteiger partial charge in [-0.25, -0.2) is 4.98 Å². The third kappa shape index (κ3) is 2.41. The first kappa shape index (κ1) is 13.8. The van der Waals surface area contributed by atoms with E-state index in [0.717, 1.165) is 5.69 Å². The number of aromatic amines is 1. The number of fused-ring (bicyclic) bond motifs is 1. The number of H-pyrrole nitrogens is 1. The maximum absolute atomic E-state index is 12.2. The second-order valence-corrected chi connectivity index (χ2v) is 4.93. The van der Waals surface area contributed by atoms with Crippen LogP contribution in [0, 0.1) is 6.92 Å². The lowest BCUT2D eigenvalue weighted by Gasteiger charge is -2.01. The van der Waals surface area contributed by atoms with E-state index in [-0.39, 0.29) is 5.91 Å².